The van der Waals surface area contributed by atoms with E-state index in [2.05, 4.69) is 0 Å². The van der Waals surface area contributed by atoms with Crippen molar-refractivity contribution in [2.24, 2.45) is 0 Å². The van der Waals surface area contributed by atoms with Crippen molar-refractivity contribution in [3.8, 4) is 0 Å². The highest BCUT2D eigenvalue weighted by Gasteiger charge is 2.12. The second-order valence-corrected chi connectivity index (χ2v) is 4.13. The first-order valence-corrected chi connectivity index (χ1v) is 5.52. The van der Waals surface area contributed by atoms with Crippen LogP contribution in [-0.2, 0) is 6.42 Å². The number of nitro benzene ring substituents is 1. The molecular formula is C13H13NO4. The van der Waals surface area contributed by atoms with Gasteiger partial charge in [0.2, 0.25) is 0 Å². The van der Waals surface area contributed by atoms with Gasteiger partial charge in [0.1, 0.15) is 5.76 Å². The number of non-ortho nitro benzene ring substituents is 1. The number of hydrogen-bond donors (Lipinski definition) is 1. The Morgan fingerprint density at radius 1 is 1.39 bits per heavy atom. The van der Waals surface area contributed by atoms with E-state index in [4.69, 9.17) is 4.42 Å². The number of aliphatic hydroxyl groups is 1. The van der Waals surface area contributed by atoms with E-state index < -0.39 is 11.0 Å². The topological polar surface area (TPSA) is 76.5 Å². The molecule has 1 N–H and O–H groups in total. The summed E-state index contributed by atoms with van der Waals surface area (Å²) >= 11 is 0. The Kier molecular flexibility index (Phi) is 3.43. The van der Waals surface area contributed by atoms with Crippen molar-refractivity contribution in [3.05, 3.63) is 63.6 Å². The van der Waals surface area contributed by atoms with Crippen LogP contribution in [0.3, 0.4) is 0 Å². The molecule has 1 aromatic heterocycles. The molecule has 1 aromatic carbocycles. The fraction of sp³-hybridized carbons (Fsp3) is 0.231. The van der Waals surface area contributed by atoms with Crippen LogP contribution < -0.4 is 0 Å². The van der Waals surface area contributed by atoms with Crippen LogP contribution in [0.15, 0.2) is 41.0 Å². The summed E-state index contributed by atoms with van der Waals surface area (Å²) in [5.74, 6) is 0.743. The Morgan fingerprint density at radius 3 is 2.56 bits per heavy atom. The average Bonchev–Trinajstić information content (AvgIpc) is 2.76. The quantitative estimate of drug-likeness (QED) is 0.665. The van der Waals surface area contributed by atoms with Gasteiger partial charge in [-0.1, -0.05) is 12.1 Å². The lowest BCUT2D eigenvalue weighted by atomic mass is 10.0. The maximum Gasteiger partial charge on any atom is 0.269 e. The summed E-state index contributed by atoms with van der Waals surface area (Å²) in [5.41, 5.74) is 1.60. The van der Waals surface area contributed by atoms with E-state index in [1.54, 1.807) is 18.2 Å². The number of nitrogens with zero attached hydrogens (tertiary/aromatic N) is 1. The lowest BCUT2D eigenvalue weighted by Gasteiger charge is -2.07. The van der Waals surface area contributed by atoms with Gasteiger partial charge in [0.15, 0.2) is 0 Å². The monoisotopic (exact) mass is 247 g/mol. The maximum absolute atomic E-state index is 10.5. The number of aliphatic hydroxyl groups excluding tert-OH is 1. The predicted octanol–water partition coefficient (Wildman–Crippen LogP) is 2.77. The van der Waals surface area contributed by atoms with Gasteiger partial charge >= 0.3 is 0 Å². The highest BCUT2D eigenvalue weighted by atomic mass is 16.6. The number of aryl methyl sites for hydroxylation is 1. The summed E-state index contributed by atoms with van der Waals surface area (Å²) in [6.07, 6.45) is 1.26. The Morgan fingerprint density at radius 2 is 2.06 bits per heavy atom. The Labute approximate surface area is 104 Å². The second kappa shape index (κ2) is 5.01. The summed E-state index contributed by atoms with van der Waals surface area (Å²) in [5, 5.41) is 20.5. The van der Waals surface area contributed by atoms with Crippen molar-refractivity contribution < 1.29 is 14.4 Å². The molecule has 0 bridgehead atoms. The molecule has 5 heteroatoms. The first-order chi connectivity index (χ1) is 8.56. The summed E-state index contributed by atoms with van der Waals surface area (Å²) in [4.78, 5) is 10.1. The molecule has 0 saturated carbocycles. The van der Waals surface area contributed by atoms with E-state index in [-0.39, 0.29) is 5.69 Å². The summed E-state index contributed by atoms with van der Waals surface area (Å²) in [7, 11) is 0. The van der Waals surface area contributed by atoms with Crippen LogP contribution in [-0.4, -0.2) is 10.0 Å². The van der Waals surface area contributed by atoms with Crippen LogP contribution in [0.4, 0.5) is 5.69 Å². The van der Waals surface area contributed by atoms with E-state index in [9.17, 15) is 15.2 Å². The normalized spacial score (nSPS) is 12.3. The number of benzene rings is 1. The van der Waals surface area contributed by atoms with Crippen molar-refractivity contribution in [2.45, 2.75) is 19.4 Å². The van der Waals surface area contributed by atoms with Gasteiger partial charge in [0, 0.05) is 24.1 Å². The van der Waals surface area contributed by atoms with Crippen molar-refractivity contribution >= 4 is 5.69 Å². The minimum Gasteiger partial charge on any atom is -0.469 e. The Balaban J connectivity index is 2.07. The minimum atomic E-state index is -0.663. The predicted molar refractivity (Wildman–Crippen MR) is 65.2 cm³/mol. The third-order valence-electron chi connectivity index (χ3n) is 2.71. The van der Waals surface area contributed by atoms with Crippen molar-refractivity contribution in [3.63, 3.8) is 0 Å². The van der Waals surface area contributed by atoms with Crippen molar-refractivity contribution in [1.29, 1.82) is 0 Å². The molecule has 0 aliphatic heterocycles. The number of hydrogen-bond acceptors (Lipinski definition) is 4. The summed E-state index contributed by atoms with van der Waals surface area (Å²) in [6, 6.07) is 7.93. The molecule has 0 spiro atoms. The van der Waals surface area contributed by atoms with Crippen LogP contribution in [0.25, 0.3) is 0 Å². The van der Waals surface area contributed by atoms with Crippen LogP contribution in [0.1, 0.15) is 23.0 Å². The molecule has 0 radical (unpaired) electrons. The number of rotatable bonds is 4. The zero-order valence-electron chi connectivity index (χ0n) is 9.87. The zero-order valence-corrected chi connectivity index (χ0v) is 9.87. The fourth-order valence-corrected chi connectivity index (χ4v) is 1.73. The number of nitro groups is 1. The zero-order chi connectivity index (χ0) is 13.1. The molecule has 18 heavy (non-hydrogen) atoms. The smallest absolute Gasteiger partial charge is 0.269 e. The molecule has 0 aliphatic carbocycles. The van der Waals surface area contributed by atoms with Crippen molar-refractivity contribution in [2.75, 3.05) is 0 Å². The van der Waals surface area contributed by atoms with Gasteiger partial charge in [-0.25, -0.2) is 0 Å². The SMILES string of the molecule is Cc1cc(C(O)Cc2ccc([N+](=O)[O-])cc2)co1. The lowest BCUT2D eigenvalue weighted by molar-refractivity contribution is -0.384. The lowest BCUT2D eigenvalue weighted by Crippen LogP contribution is -2.00. The van der Waals surface area contributed by atoms with Gasteiger partial charge in [-0.05, 0) is 18.6 Å². The highest BCUT2D eigenvalue weighted by Crippen LogP contribution is 2.21. The van der Waals surface area contributed by atoms with Gasteiger partial charge in [-0.3, -0.25) is 10.1 Å². The maximum atomic E-state index is 10.5. The third kappa shape index (κ3) is 2.75. The summed E-state index contributed by atoms with van der Waals surface area (Å²) < 4.78 is 5.12. The Bertz CT molecular complexity index is 544. The average molecular weight is 247 g/mol. The van der Waals surface area contributed by atoms with Crippen LogP contribution in [0.5, 0.6) is 0 Å². The van der Waals surface area contributed by atoms with Gasteiger partial charge < -0.3 is 9.52 Å². The van der Waals surface area contributed by atoms with Crippen molar-refractivity contribution in [1.82, 2.24) is 0 Å². The highest BCUT2D eigenvalue weighted by molar-refractivity contribution is 5.33. The molecule has 1 heterocycles. The van der Waals surface area contributed by atoms with E-state index in [0.717, 1.165) is 11.3 Å². The molecule has 0 aliphatic rings. The van der Waals surface area contributed by atoms with Crippen LogP contribution >= 0.6 is 0 Å². The van der Waals surface area contributed by atoms with E-state index in [1.165, 1.54) is 18.4 Å². The summed E-state index contributed by atoms with van der Waals surface area (Å²) in [6.45, 7) is 1.81. The molecule has 1 unspecified atom stereocenters. The largest absolute Gasteiger partial charge is 0.469 e. The molecule has 94 valence electrons. The fourth-order valence-electron chi connectivity index (χ4n) is 1.73. The standard InChI is InChI=1S/C13H13NO4/c1-9-6-11(8-18-9)13(15)7-10-2-4-12(5-3-10)14(16)17/h2-6,8,13,15H,7H2,1H3. The molecule has 2 rings (SSSR count). The molecule has 1 atom stereocenters. The first kappa shape index (κ1) is 12.3. The second-order valence-electron chi connectivity index (χ2n) is 4.13. The Hall–Kier alpha value is -2.14. The third-order valence-corrected chi connectivity index (χ3v) is 2.71. The molecule has 5 nitrogen and oxygen atoms in total. The van der Waals surface area contributed by atoms with Crippen LogP contribution in [0, 0.1) is 17.0 Å². The molecule has 0 amide bonds. The minimum absolute atomic E-state index is 0.0485. The van der Waals surface area contributed by atoms with Gasteiger partial charge in [0.05, 0.1) is 17.3 Å². The van der Waals surface area contributed by atoms with Gasteiger partial charge in [-0.2, -0.15) is 0 Å². The van der Waals surface area contributed by atoms with Gasteiger partial charge in [0.25, 0.3) is 5.69 Å². The molecule has 0 saturated heterocycles. The van der Waals surface area contributed by atoms with E-state index in [1.807, 2.05) is 6.92 Å². The molecule has 2 aromatic rings. The first-order valence-electron chi connectivity index (χ1n) is 5.52. The van der Waals surface area contributed by atoms with Crippen LogP contribution in [0.2, 0.25) is 0 Å². The molecular weight excluding hydrogens is 234 g/mol. The van der Waals surface area contributed by atoms with E-state index >= 15 is 0 Å². The number of furan rings is 1. The van der Waals surface area contributed by atoms with E-state index in [0.29, 0.717) is 12.0 Å². The molecule has 0 fully saturated rings. The van der Waals surface area contributed by atoms with Gasteiger partial charge in [-0.15, -0.1) is 0 Å².